The molecule has 1 N–H and O–H groups in total. The van der Waals surface area contributed by atoms with Gasteiger partial charge in [0.2, 0.25) is 0 Å². The number of methoxy groups -OCH3 is 1. The van der Waals surface area contributed by atoms with E-state index in [-0.39, 0.29) is 11.5 Å². The van der Waals surface area contributed by atoms with Gasteiger partial charge in [0, 0.05) is 23.5 Å². The van der Waals surface area contributed by atoms with Crippen molar-refractivity contribution in [2.75, 3.05) is 12.4 Å². The Morgan fingerprint density at radius 1 is 1.19 bits per heavy atom. The summed E-state index contributed by atoms with van der Waals surface area (Å²) in [6, 6.07) is 12.0. The number of rotatable bonds is 4. The molecule has 8 heteroatoms. The van der Waals surface area contributed by atoms with Crippen LogP contribution in [0.4, 0.5) is 20.3 Å². The summed E-state index contributed by atoms with van der Waals surface area (Å²) in [5.41, 5.74) is -0.112. The van der Waals surface area contributed by atoms with Gasteiger partial charge in [-0.15, -0.1) is 0 Å². The fourth-order valence-corrected chi connectivity index (χ4v) is 2.89. The number of pyridine rings is 2. The summed E-state index contributed by atoms with van der Waals surface area (Å²) < 4.78 is 33.5. The number of fused-ring (bicyclic) bond motifs is 2. The van der Waals surface area contributed by atoms with E-state index in [1.807, 2.05) is 6.07 Å². The number of benzene rings is 1. The van der Waals surface area contributed by atoms with Gasteiger partial charge in [-0.1, -0.05) is 6.07 Å². The molecular weight excluding hydrogens is 354 g/mol. The fourth-order valence-electron chi connectivity index (χ4n) is 2.89. The number of halogens is 2. The molecule has 136 valence electrons. The van der Waals surface area contributed by atoms with E-state index in [1.54, 1.807) is 36.5 Å². The van der Waals surface area contributed by atoms with E-state index in [9.17, 15) is 13.6 Å². The maximum Gasteiger partial charge on any atom is 0.272 e. The van der Waals surface area contributed by atoms with E-state index in [1.165, 1.54) is 19.4 Å². The van der Waals surface area contributed by atoms with Crippen molar-refractivity contribution >= 4 is 28.1 Å². The standard InChI is InChI=1S/C19H14F2N4O2/c1-27-14-5-3-9-25-18(14)24-17(15(16(20)21)19(25)26)23-12-6-7-13-11(10-12)4-2-8-22-13/h2-10,16,23H,1H3. The number of aromatic nitrogens is 3. The van der Waals surface area contributed by atoms with E-state index in [0.717, 1.165) is 15.3 Å². The van der Waals surface area contributed by atoms with Gasteiger partial charge in [-0.05, 0) is 36.4 Å². The first-order chi connectivity index (χ1) is 13.1. The molecule has 6 nitrogen and oxygen atoms in total. The molecule has 0 radical (unpaired) electrons. The van der Waals surface area contributed by atoms with E-state index in [4.69, 9.17) is 4.74 Å². The van der Waals surface area contributed by atoms with Gasteiger partial charge < -0.3 is 10.1 Å². The Kier molecular flexibility index (Phi) is 4.15. The molecule has 3 aromatic heterocycles. The Morgan fingerprint density at radius 3 is 2.81 bits per heavy atom. The smallest absolute Gasteiger partial charge is 0.272 e. The van der Waals surface area contributed by atoms with Gasteiger partial charge in [0.25, 0.3) is 12.0 Å². The van der Waals surface area contributed by atoms with Crippen molar-refractivity contribution in [1.82, 2.24) is 14.4 Å². The summed E-state index contributed by atoms with van der Waals surface area (Å²) in [5.74, 6) is 0.101. The van der Waals surface area contributed by atoms with Gasteiger partial charge in [0.1, 0.15) is 11.4 Å². The lowest BCUT2D eigenvalue weighted by Crippen LogP contribution is -2.22. The number of nitrogens with zero attached hydrogens (tertiary/aromatic N) is 3. The van der Waals surface area contributed by atoms with Crippen LogP contribution < -0.4 is 15.6 Å². The zero-order valence-corrected chi connectivity index (χ0v) is 14.2. The van der Waals surface area contributed by atoms with Crippen molar-refractivity contribution in [3.63, 3.8) is 0 Å². The molecule has 0 aliphatic heterocycles. The summed E-state index contributed by atoms with van der Waals surface area (Å²) in [5, 5.41) is 3.67. The number of anilines is 2. The van der Waals surface area contributed by atoms with Gasteiger partial charge in [-0.2, -0.15) is 0 Å². The van der Waals surface area contributed by atoms with Crippen LogP contribution in [0, 0.1) is 0 Å². The minimum absolute atomic E-state index is 0.152. The van der Waals surface area contributed by atoms with Crippen LogP contribution in [0.15, 0.2) is 59.7 Å². The first-order valence-electron chi connectivity index (χ1n) is 8.07. The minimum atomic E-state index is -2.99. The van der Waals surface area contributed by atoms with Crippen molar-refractivity contribution in [2.24, 2.45) is 0 Å². The zero-order chi connectivity index (χ0) is 19.0. The quantitative estimate of drug-likeness (QED) is 0.591. The van der Waals surface area contributed by atoms with Crippen molar-refractivity contribution < 1.29 is 13.5 Å². The number of ether oxygens (including phenoxy) is 1. The van der Waals surface area contributed by atoms with Gasteiger partial charge >= 0.3 is 0 Å². The van der Waals surface area contributed by atoms with Crippen LogP contribution in [0.5, 0.6) is 5.75 Å². The van der Waals surface area contributed by atoms with Gasteiger partial charge in [-0.3, -0.25) is 14.2 Å². The molecule has 1 aromatic carbocycles. The van der Waals surface area contributed by atoms with E-state index in [0.29, 0.717) is 11.4 Å². The average molecular weight is 368 g/mol. The Labute approximate surface area is 152 Å². The number of nitrogens with one attached hydrogen (secondary N) is 1. The largest absolute Gasteiger partial charge is 0.493 e. The SMILES string of the molecule is COc1cccn2c(=O)c(C(F)F)c(Nc3ccc4ncccc4c3)nc12. The highest BCUT2D eigenvalue weighted by Gasteiger charge is 2.22. The van der Waals surface area contributed by atoms with E-state index >= 15 is 0 Å². The topological polar surface area (TPSA) is 68.5 Å². The number of alkyl halides is 2. The Balaban J connectivity index is 1.90. The zero-order valence-electron chi connectivity index (χ0n) is 14.2. The lowest BCUT2D eigenvalue weighted by Gasteiger charge is -2.14. The molecule has 0 atom stereocenters. The maximum atomic E-state index is 13.6. The second-order valence-corrected chi connectivity index (χ2v) is 5.79. The van der Waals surface area contributed by atoms with Crippen molar-refractivity contribution in [3.8, 4) is 5.75 Å². The lowest BCUT2D eigenvalue weighted by molar-refractivity contribution is 0.150. The highest BCUT2D eigenvalue weighted by atomic mass is 19.3. The molecule has 27 heavy (non-hydrogen) atoms. The summed E-state index contributed by atoms with van der Waals surface area (Å²) >= 11 is 0. The molecule has 0 spiro atoms. The Bertz CT molecular complexity index is 1210. The van der Waals surface area contributed by atoms with Gasteiger partial charge in [0.15, 0.2) is 11.4 Å². The summed E-state index contributed by atoms with van der Waals surface area (Å²) in [6.07, 6.45) is 0.0604. The molecule has 3 heterocycles. The average Bonchev–Trinajstić information content (AvgIpc) is 2.67. The maximum absolute atomic E-state index is 13.6. The van der Waals surface area contributed by atoms with Crippen molar-refractivity contribution in [3.05, 3.63) is 70.8 Å². The highest BCUT2D eigenvalue weighted by Crippen LogP contribution is 2.28. The van der Waals surface area contributed by atoms with Crippen LogP contribution in [0.2, 0.25) is 0 Å². The van der Waals surface area contributed by atoms with Gasteiger partial charge in [0.05, 0.1) is 12.6 Å². The number of hydrogen-bond donors (Lipinski definition) is 1. The lowest BCUT2D eigenvalue weighted by atomic mass is 10.2. The molecule has 4 aromatic rings. The van der Waals surface area contributed by atoms with Gasteiger partial charge in [-0.25, -0.2) is 13.8 Å². The van der Waals surface area contributed by atoms with Crippen LogP contribution >= 0.6 is 0 Å². The van der Waals surface area contributed by atoms with Crippen molar-refractivity contribution in [2.45, 2.75) is 6.43 Å². The normalized spacial score (nSPS) is 11.3. The number of hydrogen-bond acceptors (Lipinski definition) is 5. The molecule has 0 aliphatic carbocycles. The first-order valence-corrected chi connectivity index (χ1v) is 8.07. The Hall–Kier alpha value is -3.55. The summed E-state index contributed by atoms with van der Waals surface area (Å²) in [4.78, 5) is 21.1. The molecule has 4 rings (SSSR count). The summed E-state index contributed by atoms with van der Waals surface area (Å²) in [6.45, 7) is 0. The minimum Gasteiger partial charge on any atom is -0.493 e. The highest BCUT2D eigenvalue weighted by molar-refractivity contribution is 5.83. The molecular formula is C19H14F2N4O2. The third kappa shape index (κ3) is 2.95. The first kappa shape index (κ1) is 16.9. The third-order valence-electron chi connectivity index (χ3n) is 4.16. The molecule has 0 saturated carbocycles. The molecule has 0 bridgehead atoms. The van der Waals surface area contributed by atoms with E-state index < -0.39 is 17.5 Å². The second kappa shape index (κ2) is 6.64. The molecule has 0 saturated heterocycles. The van der Waals surface area contributed by atoms with E-state index in [2.05, 4.69) is 15.3 Å². The molecule has 0 amide bonds. The monoisotopic (exact) mass is 368 g/mol. The second-order valence-electron chi connectivity index (χ2n) is 5.79. The van der Waals surface area contributed by atoms with Crippen LogP contribution in [-0.2, 0) is 0 Å². The van der Waals surface area contributed by atoms with Crippen LogP contribution in [0.1, 0.15) is 12.0 Å². The molecule has 0 aliphatic rings. The molecule has 0 fully saturated rings. The molecule has 0 unspecified atom stereocenters. The third-order valence-corrected chi connectivity index (χ3v) is 4.16. The fraction of sp³-hybridized carbons (Fsp3) is 0.105. The summed E-state index contributed by atoms with van der Waals surface area (Å²) in [7, 11) is 1.42. The predicted molar refractivity (Wildman–Crippen MR) is 98.0 cm³/mol. The van der Waals surface area contributed by atoms with Crippen molar-refractivity contribution in [1.29, 1.82) is 0 Å². The predicted octanol–water partition coefficient (Wildman–Crippen LogP) is 3.93. The van der Waals surface area contributed by atoms with Crippen LogP contribution in [0.25, 0.3) is 16.6 Å². The van der Waals surface area contributed by atoms with Crippen LogP contribution in [0.3, 0.4) is 0 Å². The Morgan fingerprint density at radius 2 is 2.04 bits per heavy atom. The van der Waals surface area contributed by atoms with Crippen LogP contribution in [-0.4, -0.2) is 21.5 Å².